The molecule has 0 aromatic rings. The Morgan fingerprint density at radius 2 is 1.68 bits per heavy atom. The smallest absolute Gasteiger partial charge is 0.227 e. The van der Waals surface area contributed by atoms with Crippen molar-refractivity contribution in [2.24, 2.45) is 17.8 Å². The van der Waals surface area contributed by atoms with Gasteiger partial charge in [-0.3, -0.25) is 9.69 Å². The standard InChI is InChI=1S/C23H43N3O2/c1-17(2)19-6-8-21(9-7-19)25-12-13-26(22(15-25)16-28-5)23(27)20-10-11-24(14-20)18(3)4/h17-22H,6-16H2,1-5H3/t19?,20-,21?,22+/m1/s1. The fraction of sp³-hybridized carbons (Fsp3) is 0.957. The van der Waals surface area contributed by atoms with Crippen LogP contribution in [0.2, 0.25) is 0 Å². The van der Waals surface area contributed by atoms with Crippen LogP contribution in [0.15, 0.2) is 0 Å². The molecule has 0 N–H and O–H groups in total. The zero-order valence-corrected chi connectivity index (χ0v) is 18.9. The van der Waals surface area contributed by atoms with Gasteiger partial charge < -0.3 is 14.5 Å². The minimum absolute atomic E-state index is 0.176. The summed E-state index contributed by atoms with van der Waals surface area (Å²) < 4.78 is 5.54. The van der Waals surface area contributed by atoms with Crippen molar-refractivity contribution >= 4 is 5.91 Å². The van der Waals surface area contributed by atoms with E-state index in [1.807, 2.05) is 0 Å². The Bertz CT molecular complexity index is 502. The second-order valence-electron chi connectivity index (χ2n) is 10.0. The van der Waals surface area contributed by atoms with E-state index in [0.717, 1.165) is 51.0 Å². The molecule has 2 saturated heterocycles. The number of methoxy groups -OCH3 is 1. The Kier molecular flexibility index (Phi) is 7.80. The predicted octanol–water partition coefficient (Wildman–Crippen LogP) is 3.09. The molecule has 0 aromatic heterocycles. The molecule has 0 aromatic carbocycles. The second kappa shape index (κ2) is 9.90. The highest BCUT2D eigenvalue weighted by Gasteiger charge is 2.39. The molecule has 28 heavy (non-hydrogen) atoms. The lowest BCUT2D eigenvalue weighted by Gasteiger charge is -2.46. The zero-order valence-electron chi connectivity index (χ0n) is 18.9. The van der Waals surface area contributed by atoms with Gasteiger partial charge in [-0.25, -0.2) is 0 Å². The summed E-state index contributed by atoms with van der Waals surface area (Å²) in [5, 5.41) is 0. The van der Waals surface area contributed by atoms with Gasteiger partial charge in [0.2, 0.25) is 5.91 Å². The molecular weight excluding hydrogens is 350 g/mol. The molecule has 5 nitrogen and oxygen atoms in total. The van der Waals surface area contributed by atoms with Crippen LogP contribution in [-0.2, 0) is 9.53 Å². The van der Waals surface area contributed by atoms with Crippen LogP contribution in [0.3, 0.4) is 0 Å². The summed E-state index contributed by atoms with van der Waals surface area (Å²) in [7, 11) is 1.77. The van der Waals surface area contributed by atoms with Crippen molar-refractivity contribution < 1.29 is 9.53 Å². The maximum absolute atomic E-state index is 13.3. The Morgan fingerprint density at radius 3 is 2.25 bits per heavy atom. The molecule has 162 valence electrons. The number of ether oxygens (including phenoxy) is 1. The monoisotopic (exact) mass is 393 g/mol. The molecule has 0 bridgehead atoms. The molecule has 2 aliphatic heterocycles. The van der Waals surface area contributed by atoms with Crippen molar-refractivity contribution in [3.63, 3.8) is 0 Å². The van der Waals surface area contributed by atoms with Gasteiger partial charge in [-0.1, -0.05) is 13.8 Å². The number of rotatable bonds is 6. The maximum Gasteiger partial charge on any atom is 0.227 e. The summed E-state index contributed by atoms with van der Waals surface area (Å²) in [4.78, 5) is 20.5. The van der Waals surface area contributed by atoms with Crippen molar-refractivity contribution in [3.8, 4) is 0 Å². The first-order chi connectivity index (χ1) is 13.4. The first-order valence-corrected chi connectivity index (χ1v) is 11.7. The molecule has 3 aliphatic rings. The third kappa shape index (κ3) is 5.09. The largest absolute Gasteiger partial charge is 0.382 e. The fourth-order valence-corrected chi connectivity index (χ4v) is 5.66. The fourth-order valence-electron chi connectivity index (χ4n) is 5.66. The van der Waals surface area contributed by atoms with Crippen LogP contribution in [0.4, 0.5) is 0 Å². The van der Waals surface area contributed by atoms with E-state index in [4.69, 9.17) is 4.74 Å². The summed E-state index contributed by atoms with van der Waals surface area (Å²) in [5.41, 5.74) is 0. The highest BCUT2D eigenvalue weighted by molar-refractivity contribution is 5.80. The van der Waals surface area contributed by atoms with Gasteiger partial charge in [-0.15, -0.1) is 0 Å². The highest BCUT2D eigenvalue weighted by Crippen LogP contribution is 2.33. The molecule has 3 rings (SSSR count). The Balaban J connectivity index is 1.56. The van der Waals surface area contributed by atoms with Crippen LogP contribution in [0.5, 0.6) is 0 Å². The molecule has 1 saturated carbocycles. The van der Waals surface area contributed by atoms with Gasteiger partial charge in [0.1, 0.15) is 0 Å². The summed E-state index contributed by atoms with van der Waals surface area (Å²) in [6.45, 7) is 14.7. The lowest BCUT2D eigenvalue weighted by Crippen LogP contribution is -2.60. The molecule has 1 aliphatic carbocycles. The number of amides is 1. The van der Waals surface area contributed by atoms with Crippen molar-refractivity contribution in [1.82, 2.24) is 14.7 Å². The van der Waals surface area contributed by atoms with E-state index in [1.54, 1.807) is 7.11 Å². The molecule has 0 unspecified atom stereocenters. The van der Waals surface area contributed by atoms with Crippen LogP contribution in [0, 0.1) is 17.8 Å². The number of nitrogens with zero attached hydrogens (tertiary/aromatic N) is 3. The third-order valence-corrected chi connectivity index (χ3v) is 7.66. The first kappa shape index (κ1) is 22.0. The maximum atomic E-state index is 13.3. The zero-order chi connectivity index (χ0) is 20.3. The third-order valence-electron chi connectivity index (χ3n) is 7.66. The van der Waals surface area contributed by atoms with Gasteiger partial charge in [-0.05, 0) is 64.3 Å². The van der Waals surface area contributed by atoms with Gasteiger partial charge in [0.15, 0.2) is 0 Å². The van der Waals surface area contributed by atoms with E-state index < -0.39 is 0 Å². The van der Waals surface area contributed by atoms with Crippen LogP contribution in [0.1, 0.15) is 59.8 Å². The van der Waals surface area contributed by atoms with Crippen molar-refractivity contribution in [1.29, 1.82) is 0 Å². The van der Waals surface area contributed by atoms with E-state index in [0.29, 0.717) is 24.6 Å². The Morgan fingerprint density at radius 1 is 0.964 bits per heavy atom. The van der Waals surface area contributed by atoms with Crippen molar-refractivity contribution in [2.45, 2.75) is 77.9 Å². The van der Waals surface area contributed by atoms with Crippen LogP contribution < -0.4 is 0 Å². The lowest BCUT2D eigenvalue weighted by atomic mass is 9.79. The normalized spacial score (nSPS) is 33.2. The summed E-state index contributed by atoms with van der Waals surface area (Å²) in [6.07, 6.45) is 6.38. The molecule has 2 heterocycles. The highest BCUT2D eigenvalue weighted by atomic mass is 16.5. The van der Waals surface area contributed by atoms with Crippen molar-refractivity contribution in [2.75, 3.05) is 46.4 Å². The predicted molar refractivity (Wildman–Crippen MR) is 114 cm³/mol. The Labute approximate surface area is 172 Å². The number of carbonyl (C=O) groups excluding carboxylic acids is 1. The quantitative estimate of drug-likeness (QED) is 0.695. The van der Waals surface area contributed by atoms with Crippen LogP contribution in [-0.4, -0.2) is 85.2 Å². The average Bonchev–Trinajstić information content (AvgIpc) is 3.18. The van der Waals surface area contributed by atoms with Gasteiger partial charge in [0, 0.05) is 45.4 Å². The molecule has 0 radical (unpaired) electrons. The molecule has 2 atom stereocenters. The van der Waals surface area contributed by atoms with E-state index in [-0.39, 0.29) is 12.0 Å². The number of piperazine rings is 1. The number of carbonyl (C=O) groups is 1. The SMILES string of the molecule is COC[C@@H]1CN(C2CCC(C(C)C)CC2)CCN1C(=O)[C@@H]1CCN(C(C)C)C1. The molecule has 3 fully saturated rings. The number of likely N-dealkylation sites (tertiary alicyclic amines) is 1. The molecular formula is C23H43N3O2. The van der Waals surface area contributed by atoms with Gasteiger partial charge in [0.05, 0.1) is 18.6 Å². The van der Waals surface area contributed by atoms with Gasteiger partial charge >= 0.3 is 0 Å². The second-order valence-corrected chi connectivity index (χ2v) is 10.0. The minimum Gasteiger partial charge on any atom is -0.382 e. The van der Waals surface area contributed by atoms with E-state index in [1.165, 1.54) is 25.7 Å². The molecule has 1 amide bonds. The number of hydrogen-bond acceptors (Lipinski definition) is 4. The van der Waals surface area contributed by atoms with Crippen LogP contribution >= 0.6 is 0 Å². The summed E-state index contributed by atoms with van der Waals surface area (Å²) in [5.74, 6) is 2.26. The van der Waals surface area contributed by atoms with Gasteiger partial charge in [0.25, 0.3) is 0 Å². The first-order valence-electron chi connectivity index (χ1n) is 11.7. The minimum atomic E-state index is 0.176. The molecule has 5 heteroatoms. The summed E-state index contributed by atoms with van der Waals surface area (Å²) >= 11 is 0. The van der Waals surface area contributed by atoms with E-state index in [9.17, 15) is 4.79 Å². The van der Waals surface area contributed by atoms with Crippen LogP contribution in [0.25, 0.3) is 0 Å². The Hall–Kier alpha value is -0.650. The van der Waals surface area contributed by atoms with Crippen molar-refractivity contribution in [3.05, 3.63) is 0 Å². The topological polar surface area (TPSA) is 36.0 Å². The van der Waals surface area contributed by atoms with Gasteiger partial charge in [-0.2, -0.15) is 0 Å². The number of hydrogen-bond donors (Lipinski definition) is 0. The molecule has 0 spiro atoms. The van der Waals surface area contributed by atoms with E-state index >= 15 is 0 Å². The van der Waals surface area contributed by atoms with E-state index in [2.05, 4.69) is 42.4 Å². The summed E-state index contributed by atoms with van der Waals surface area (Å²) in [6, 6.07) is 1.45. The lowest BCUT2D eigenvalue weighted by molar-refractivity contribution is -0.142. The average molecular weight is 394 g/mol.